The minimum Gasteiger partial charge on any atom is -0.493 e. The van der Waals surface area contributed by atoms with Crippen LogP contribution in [0.4, 0.5) is 5.69 Å². The van der Waals surface area contributed by atoms with Crippen molar-refractivity contribution in [3.8, 4) is 11.5 Å². The van der Waals surface area contributed by atoms with E-state index in [4.69, 9.17) is 25.8 Å². The minimum absolute atomic E-state index is 0.170. The van der Waals surface area contributed by atoms with Gasteiger partial charge in [0.15, 0.2) is 11.5 Å². The lowest BCUT2D eigenvalue weighted by molar-refractivity contribution is -0.144. The zero-order valence-corrected chi connectivity index (χ0v) is 18.0. The Morgan fingerprint density at radius 2 is 1.97 bits per heavy atom. The van der Waals surface area contributed by atoms with E-state index in [2.05, 4.69) is 5.32 Å². The van der Waals surface area contributed by atoms with Gasteiger partial charge in [-0.1, -0.05) is 17.7 Å². The van der Waals surface area contributed by atoms with Gasteiger partial charge in [-0.25, -0.2) is 4.79 Å². The molecule has 0 radical (unpaired) electrons. The molecule has 2 aromatic carbocycles. The molecule has 2 aliphatic heterocycles. The monoisotopic (exact) mass is 444 g/mol. The first-order valence-electron chi connectivity index (χ1n) is 9.69. The summed E-state index contributed by atoms with van der Waals surface area (Å²) < 4.78 is 16.1. The van der Waals surface area contributed by atoms with Crippen LogP contribution in [0.15, 0.2) is 30.3 Å². The number of ether oxygens (including phenoxy) is 3. The molecular formula is C22H21ClN2O6. The SMILES string of the molecule is COc1ccc2c(c1OC)C(=O)O[C@@H]2N1C(=O)CC[C@H]1C(=O)Nc1ccc(C)c(Cl)c1. The van der Waals surface area contributed by atoms with Crippen LogP contribution in [0.2, 0.25) is 5.02 Å². The average molecular weight is 445 g/mol. The maximum Gasteiger partial charge on any atom is 0.344 e. The molecule has 2 aliphatic rings. The number of esters is 1. The van der Waals surface area contributed by atoms with Crippen molar-refractivity contribution in [3.05, 3.63) is 52.0 Å². The molecule has 0 bridgehead atoms. The fraction of sp³-hybridized carbons (Fsp3) is 0.318. The Bertz CT molecular complexity index is 1090. The number of anilines is 1. The number of carbonyl (C=O) groups excluding carboxylic acids is 3. The smallest absolute Gasteiger partial charge is 0.344 e. The molecule has 1 saturated heterocycles. The fourth-order valence-corrected chi connectivity index (χ4v) is 4.12. The van der Waals surface area contributed by atoms with E-state index < -0.39 is 18.2 Å². The quantitative estimate of drug-likeness (QED) is 0.710. The normalized spacial score (nSPS) is 19.8. The van der Waals surface area contributed by atoms with Crippen molar-refractivity contribution in [3.63, 3.8) is 0 Å². The number of amides is 2. The number of methoxy groups -OCH3 is 2. The van der Waals surface area contributed by atoms with Gasteiger partial charge in [0.1, 0.15) is 11.6 Å². The van der Waals surface area contributed by atoms with Gasteiger partial charge in [-0.3, -0.25) is 14.5 Å². The first-order chi connectivity index (χ1) is 14.8. The summed E-state index contributed by atoms with van der Waals surface area (Å²) in [6.07, 6.45) is -0.542. The number of rotatable bonds is 5. The number of benzene rings is 2. The molecule has 162 valence electrons. The van der Waals surface area contributed by atoms with Gasteiger partial charge in [0, 0.05) is 22.7 Å². The Labute approximate surface area is 184 Å². The Hall–Kier alpha value is -3.26. The van der Waals surface area contributed by atoms with E-state index in [1.165, 1.54) is 19.1 Å². The number of hydrogen-bond acceptors (Lipinski definition) is 6. The van der Waals surface area contributed by atoms with Crippen LogP contribution in [0.3, 0.4) is 0 Å². The molecular weight excluding hydrogens is 424 g/mol. The van der Waals surface area contributed by atoms with E-state index >= 15 is 0 Å². The molecule has 0 spiro atoms. The number of nitrogens with one attached hydrogen (secondary N) is 1. The summed E-state index contributed by atoms with van der Waals surface area (Å²) >= 11 is 6.14. The van der Waals surface area contributed by atoms with E-state index in [1.54, 1.807) is 30.3 Å². The fourth-order valence-electron chi connectivity index (χ4n) is 3.94. The highest BCUT2D eigenvalue weighted by atomic mass is 35.5. The molecule has 0 aliphatic carbocycles. The molecule has 0 saturated carbocycles. The van der Waals surface area contributed by atoms with Crippen LogP contribution in [-0.4, -0.2) is 42.9 Å². The third kappa shape index (κ3) is 3.57. The second-order valence-electron chi connectivity index (χ2n) is 7.33. The van der Waals surface area contributed by atoms with Crippen LogP contribution >= 0.6 is 11.6 Å². The van der Waals surface area contributed by atoms with Crippen LogP contribution in [0.5, 0.6) is 11.5 Å². The van der Waals surface area contributed by atoms with E-state index in [1.807, 2.05) is 6.92 Å². The number of cyclic esters (lactones) is 1. The molecule has 31 heavy (non-hydrogen) atoms. The van der Waals surface area contributed by atoms with Crippen molar-refractivity contribution < 1.29 is 28.6 Å². The number of halogens is 1. The molecule has 2 aromatic rings. The van der Waals surface area contributed by atoms with Gasteiger partial charge < -0.3 is 19.5 Å². The van der Waals surface area contributed by atoms with Crippen molar-refractivity contribution in [2.45, 2.75) is 32.0 Å². The van der Waals surface area contributed by atoms with Gasteiger partial charge in [0.25, 0.3) is 0 Å². The number of likely N-dealkylation sites (tertiary alicyclic amines) is 1. The van der Waals surface area contributed by atoms with Crippen molar-refractivity contribution in [2.75, 3.05) is 19.5 Å². The third-order valence-electron chi connectivity index (χ3n) is 5.52. The van der Waals surface area contributed by atoms with Crippen LogP contribution < -0.4 is 14.8 Å². The third-order valence-corrected chi connectivity index (χ3v) is 5.92. The lowest BCUT2D eigenvalue weighted by Crippen LogP contribution is -2.43. The first kappa shape index (κ1) is 21.0. The molecule has 2 heterocycles. The molecule has 9 heteroatoms. The van der Waals surface area contributed by atoms with Gasteiger partial charge in [-0.15, -0.1) is 0 Å². The van der Waals surface area contributed by atoms with Crippen LogP contribution in [0.25, 0.3) is 0 Å². The zero-order valence-electron chi connectivity index (χ0n) is 17.2. The lowest BCUT2D eigenvalue weighted by Gasteiger charge is -2.29. The highest BCUT2D eigenvalue weighted by Gasteiger charge is 2.47. The molecule has 1 fully saturated rings. The topological polar surface area (TPSA) is 94.2 Å². The number of carbonyl (C=O) groups is 3. The van der Waals surface area contributed by atoms with Crippen LogP contribution in [0.1, 0.15) is 40.6 Å². The maximum atomic E-state index is 13.0. The van der Waals surface area contributed by atoms with Crippen molar-refractivity contribution in [2.24, 2.45) is 0 Å². The Kier molecular flexibility index (Phi) is 5.49. The predicted molar refractivity (Wildman–Crippen MR) is 112 cm³/mol. The molecule has 2 atom stereocenters. The standard InChI is InChI=1S/C22H21ClN2O6/c1-11-4-5-12(10-14(11)23)24-20(27)15-7-9-17(26)25(15)21-13-6-8-16(29-2)19(30-3)18(13)22(28)31-21/h4-6,8,10,15,21H,7,9H2,1-3H3,(H,24,27)/t15-,21-/m0/s1. The van der Waals surface area contributed by atoms with Crippen LogP contribution in [0, 0.1) is 6.92 Å². The average Bonchev–Trinajstić information content (AvgIpc) is 3.29. The predicted octanol–water partition coefficient (Wildman–Crippen LogP) is 3.46. The Morgan fingerprint density at radius 3 is 2.65 bits per heavy atom. The molecule has 8 nitrogen and oxygen atoms in total. The van der Waals surface area contributed by atoms with E-state index in [9.17, 15) is 14.4 Å². The van der Waals surface area contributed by atoms with Gasteiger partial charge in [-0.05, 0) is 43.2 Å². The second kappa shape index (κ2) is 8.11. The van der Waals surface area contributed by atoms with Crippen LogP contribution in [-0.2, 0) is 14.3 Å². The van der Waals surface area contributed by atoms with Crippen molar-refractivity contribution in [1.82, 2.24) is 4.90 Å². The van der Waals surface area contributed by atoms with Crippen molar-refractivity contribution in [1.29, 1.82) is 0 Å². The summed E-state index contributed by atoms with van der Waals surface area (Å²) in [7, 11) is 2.88. The Morgan fingerprint density at radius 1 is 1.19 bits per heavy atom. The molecule has 4 rings (SSSR count). The first-order valence-corrected chi connectivity index (χ1v) is 10.1. The van der Waals surface area contributed by atoms with E-state index in [0.717, 1.165) is 5.56 Å². The summed E-state index contributed by atoms with van der Waals surface area (Å²) in [5.74, 6) is -0.690. The second-order valence-corrected chi connectivity index (χ2v) is 7.74. The minimum atomic E-state index is -1.02. The van der Waals surface area contributed by atoms with Gasteiger partial charge in [0.05, 0.1) is 14.2 Å². The van der Waals surface area contributed by atoms with E-state index in [0.29, 0.717) is 28.4 Å². The summed E-state index contributed by atoms with van der Waals surface area (Å²) in [5.41, 5.74) is 2.05. The maximum absolute atomic E-state index is 13.0. The molecule has 0 aromatic heterocycles. The number of nitrogens with zero attached hydrogens (tertiary/aromatic N) is 1. The molecule has 2 amide bonds. The summed E-state index contributed by atoms with van der Waals surface area (Å²) in [4.78, 5) is 39.6. The number of fused-ring (bicyclic) bond motifs is 1. The van der Waals surface area contributed by atoms with Crippen molar-refractivity contribution >= 4 is 35.1 Å². The lowest BCUT2D eigenvalue weighted by atomic mass is 10.0. The largest absolute Gasteiger partial charge is 0.493 e. The van der Waals surface area contributed by atoms with Gasteiger partial charge in [-0.2, -0.15) is 0 Å². The highest BCUT2D eigenvalue weighted by molar-refractivity contribution is 6.31. The van der Waals surface area contributed by atoms with Gasteiger partial charge in [0.2, 0.25) is 18.0 Å². The van der Waals surface area contributed by atoms with E-state index in [-0.39, 0.29) is 29.5 Å². The van der Waals surface area contributed by atoms with Gasteiger partial charge >= 0.3 is 5.97 Å². The summed E-state index contributed by atoms with van der Waals surface area (Å²) in [5, 5.41) is 3.32. The summed E-state index contributed by atoms with van der Waals surface area (Å²) in [6, 6.07) is 7.66. The Balaban J connectivity index is 1.64. The molecule has 0 unspecified atom stereocenters. The summed E-state index contributed by atoms with van der Waals surface area (Å²) in [6.45, 7) is 1.86. The number of aryl methyl sites for hydroxylation is 1. The highest BCUT2D eigenvalue weighted by Crippen LogP contribution is 2.45. The molecule has 1 N–H and O–H groups in total. The zero-order chi connectivity index (χ0) is 22.3. The number of hydrogen-bond donors (Lipinski definition) is 1.